The zero-order valence-corrected chi connectivity index (χ0v) is 13.8. The maximum absolute atomic E-state index is 13.4. The molecule has 117 valence electrons. The molecule has 2 rings (SSSR count). The quantitative estimate of drug-likeness (QED) is 0.456. The van der Waals surface area contributed by atoms with E-state index in [0.29, 0.717) is 6.07 Å². The summed E-state index contributed by atoms with van der Waals surface area (Å²) in [5.74, 6) is -1.76. The molecule has 0 aliphatic heterocycles. The van der Waals surface area contributed by atoms with Gasteiger partial charge in [0, 0.05) is 17.8 Å². The van der Waals surface area contributed by atoms with Crippen LogP contribution in [0.2, 0.25) is 0 Å². The number of nitrogens with zero attached hydrogens (tertiary/aromatic N) is 1. The summed E-state index contributed by atoms with van der Waals surface area (Å²) in [5.41, 5.74) is -1.30. The van der Waals surface area contributed by atoms with Gasteiger partial charge in [0.2, 0.25) is 0 Å². The van der Waals surface area contributed by atoms with Crippen LogP contribution in [-0.4, -0.2) is 4.98 Å². The molecule has 2 aromatic rings. The van der Waals surface area contributed by atoms with Crippen LogP contribution >= 0.6 is 19.2 Å². The summed E-state index contributed by atoms with van der Waals surface area (Å²) in [6.07, 6.45) is -3.60. The van der Waals surface area contributed by atoms with Crippen LogP contribution in [0.4, 0.5) is 22.0 Å². The second-order valence-corrected chi connectivity index (χ2v) is 7.06. The molecule has 1 heterocycles. The predicted molar refractivity (Wildman–Crippen MR) is 66.3 cm³/mol. The van der Waals surface area contributed by atoms with E-state index >= 15 is 0 Å². The van der Waals surface area contributed by atoms with E-state index in [9.17, 15) is 22.0 Å². The van der Waals surface area contributed by atoms with Crippen molar-refractivity contribution in [2.75, 3.05) is 0 Å². The predicted octanol–water partition coefficient (Wildman–Crippen LogP) is 5.42. The molecule has 0 fully saturated rings. The van der Waals surface area contributed by atoms with Crippen LogP contribution in [0.1, 0.15) is 5.56 Å². The molecule has 0 aliphatic carbocycles. The van der Waals surface area contributed by atoms with Gasteiger partial charge in [0.05, 0.1) is 11.3 Å². The summed E-state index contributed by atoms with van der Waals surface area (Å²) in [4.78, 5) is 3.65. The standard InChI is InChI=1S/C12H6F5N.2ClH.Ir/c13-8-1-2-9(10(14)6-8)11-5-7(3-4-18-11)12(15,16)17;;;/h1-6H;2*1H;/q;;;+2/p-2. The Kier molecular flexibility index (Phi) is 7.00. The van der Waals surface area contributed by atoms with Gasteiger partial charge in [-0.3, -0.25) is 4.98 Å². The average Bonchev–Trinajstić information content (AvgIpc) is 2.39. The fraction of sp³-hybridized carbons (Fsp3) is 0.0833. The van der Waals surface area contributed by atoms with E-state index < -0.39 is 39.0 Å². The number of rotatable bonds is 1. The molecule has 0 unspecified atom stereocenters. The first-order valence-corrected chi connectivity index (χ1v) is 11.1. The molecule has 9 heteroatoms. The number of hydrogen-bond donors (Lipinski definition) is 0. The summed E-state index contributed by atoms with van der Waals surface area (Å²) in [5, 5.41) is 0. The molecule has 21 heavy (non-hydrogen) atoms. The fourth-order valence-electron chi connectivity index (χ4n) is 1.45. The average molecular weight is 522 g/mol. The molecule has 0 atom stereocenters. The normalized spacial score (nSPS) is 11.0. The van der Waals surface area contributed by atoms with Crippen molar-refractivity contribution in [2.24, 2.45) is 0 Å². The minimum absolute atomic E-state index is 0.178. The number of aromatic nitrogens is 1. The Balaban J connectivity index is 0.000000677. The van der Waals surface area contributed by atoms with Crippen LogP contribution in [0.5, 0.6) is 0 Å². The SMILES string of the molecule is Fc1ccc(-c2cc(C(F)(F)F)ccn2)c(F)c1.[Cl][Ir][Cl]. The van der Waals surface area contributed by atoms with E-state index in [2.05, 4.69) is 4.98 Å². The van der Waals surface area contributed by atoms with Gasteiger partial charge in [-0.25, -0.2) is 8.78 Å². The van der Waals surface area contributed by atoms with Crippen LogP contribution in [0.3, 0.4) is 0 Å². The molecule has 0 aliphatic rings. The van der Waals surface area contributed by atoms with Crippen molar-refractivity contribution in [3.8, 4) is 11.3 Å². The second-order valence-electron chi connectivity index (χ2n) is 3.60. The van der Waals surface area contributed by atoms with E-state index in [1.165, 1.54) is 0 Å². The van der Waals surface area contributed by atoms with Gasteiger partial charge < -0.3 is 0 Å². The van der Waals surface area contributed by atoms with Crippen LogP contribution in [0.15, 0.2) is 36.5 Å². The molecule has 1 aromatic heterocycles. The minimum atomic E-state index is -4.53. The fourth-order valence-corrected chi connectivity index (χ4v) is 1.45. The van der Waals surface area contributed by atoms with Gasteiger partial charge in [-0.2, -0.15) is 13.2 Å². The zero-order chi connectivity index (χ0) is 16.0. The van der Waals surface area contributed by atoms with Gasteiger partial charge in [-0.05, 0) is 24.3 Å². The summed E-state index contributed by atoms with van der Waals surface area (Å²) in [6, 6.07) is 4.10. The molecule has 0 radical (unpaired) electrons. The topological polar surface area (TPSA) is 12.9 Å². The zero-order valence-electron chi connectivity index (χ0n) is 9.89. The van der Waals surface area contributed by atoms with Gasteiger partial charge in [0.1, 0.15) is 11.6 Å². The summed E-state index contributed by atoms with van der Waals surface area (Å²) < 4.78 is 63.5. The Morgan fingerprint density at radius 1 is 1.00 bits per heavy atom. The second kappa shape index (κ2) is 8.03. The Bertz CT molecular complexity index is 606. The van der Waals surface area contributed by atoms with Crippen molar-refractivity contribution >= 4 is 19.2 Å². The molecule has 0 amide bonds. The van der Waals surface area contributed by atoms with Crippen molar-refractivity contribution in [3.05, 3.63) is 53.7 Å². The molecule has 1 aromatic carbocycles. The van der Waals surface area contributed by atoms with Crippen molar-refractivity contribution in [1.29, 1.82) is 0 Å². The molecule has 0 spiro atoms. The van der Waals surface area contributed by atoms with E-state index in [4.69, 9.17) is 19.2 Å². The number of hydrogen-bond acceptors (Lipinski definition) is 1. The first-order valence-electron chi connectivity index (χ1n) is 5.12. The monoisotopic (exact) mass is 522 g/mol. The summed E-state index contributed by atoms with van der Waals surface area (Å²) in [7, 11) is 9.78. The van der Waals surface area contributed by atoms with Crippen molar-refractivity contribution in [1.82, 2.24) is 4.98 Å². The van der Waals surface area contributed by atoms with E-state index in [-0.39, 0.29) is 11.3 Å². The summed E-state index contributed by atoms with van der Waals surface area (Å²) in [6.45, 7) is 0. The van der Waals surface area contributed by atoms with E-state index in [0.717, 1.165) is 30.5 Å². The Labute approximate surface area is 133 Å². The third kappa shape index (κ3) is 5.51. The van der Waals surface area contributed by atoms with Crippen molar-refractivity contribution in [2.45, 2.75) is 6.18 Å². The Morgan fingerprint density at radius 3 is 2.14 bits per heavy atom. The van der Waals surface area contributed by atoms with Gasteiger partial charge in [0.15, 0.2) is 0 Å². The first-order chi connectivity index (χ1) is 9.79. The molecular weight excluding hydrogens is 516 g/mol. The summed E-state index contributed by atoms with van der Waals surface area (Å²) >= 11 is -0.556. The van der Waals surface area contributed by atoms with E-state index in [1.807, 2.05) is 0 Å². The molecular formula is C12H6Cl2F5IrN. The molecule has 1 nitrogen and oxygen atoms in total. The van der Waals surface area contributed by atoms with Gasteiger partial charge in [-0.15, -0.1) is 0 Å². The third-order valence-electron chi connectivity index (χ3n) is 2.29. The van der Waals surface area contributed by atoms with Crippen LogP contribution in [0, 0.1) is 11.6 Å². The first kappa shape index (κ1) is 18.3. The van der Waals surface area contributed by atoms with Gasteiger partial charge >= 0.3 is 41.0 Å². The molecule has 0 N–H and O–H groups in total. The third-order valence-corrected chi connectivity index (χ3v) is 2.29. The number of pyridine rings is 1. The van der Waals surface area contributed by atoms with E-state index in [1.54, 1.807) is 0 Å². The number of halogens is 7. The Morgan fingerprint density at radius 2 is 1.62 bits per heavy atom. The molecule has 0 saturated heterocycles. The van der Waals surface area contributed by atoms with Crippen LogP contribution in [-0.2, 0) is 21.8 Å². The van der Waals surface area contributed by atoms with Gasteiger partial charge in [-0.1, -0.05) is 0 Å². The molecule has 0 bridgehead atoms. The maximum atomic E-state index is 13.4. The van der Waals surface area contributed by atoms with Gasteiger partial charge in [0.25, 0.3) is 0 Å². The van der Waals surface area contributed by atoms with Crippen molar-refractivity contribution < 1.29 is 37.6 Å². The Hall–Kier alpha value is -0.751. The van der Waals surface area contributed by atoms with Crippen LogP contribution in [0.25, 0.3) is 11.3 Å². The van der Waals surface area contributed by atoms with Crippen molar-refractivity contribution in [3.63, 3.8) is 0 Å². The number of alkyl halides is 3. The molecule has 0 saturated carbocycles. The van der Waals surface area contributed by atoms with Crippen LogP contribution < -0.4 is 0 Å². The number of benzene rings is 1.